The zero-order valence-corrected chi connectivity index (χ0v) is 17.0. The second-order valence-corrected chi connectivity index (χ2v) is 7.78. The van der Waals surface area contributed by atoms with Gasteiger partial charge in [-0.15, -0.1) is 0 Å². The number of fused-ring (bicyclic) bond motifs is 4. The third-order valence-corrected chi connectivity index (χ3v) is 6.03. The van der Waals surface area contributed by atoms with Crippen molar-refractivity contribution in [2.24, 2.45) is 0 Å². The van der Waals surface area contributed by atoms with Crippen LogP contribution in [0.1, 0.15) is 22.4 Å². The number of aromatic nitrogens is 1. The molecule has 0 saturated carbocycles. The number of hydrogen-bond donors (Lipinski definition) is 1. The van der Waals surface area contributed by atoms with E-state index in [1.165, 1.54) is 16.6 Å². The highest BCUT2D eigenvalue weighted by atomic mass is 16.5. The minimum atomic E-state index is -0.351. The predicted molar refractivity (Wildman–Crippen MR) is 115 cm³/mol. The molecular weight excluding hydrogens is 380 g/mol. The Bertz CT molecular complexity index is 1350. The zero-order chi connectivity index (χ0) is 20.8. The Morgan fingerprint density at radius 3 is 2.83 bits per heavy atom. The summed E-state index contributed by atoms with van der Waals surface area (Å²) in [5.41, 5.74) is 5.11. The molecule has 1 aliphatic rings. The van der Waals surface area contributed by atoms with Crippen molar-refractivity contribution in [3.8, 4) is 5.75 Å². The summed E-state index contributed by atoms with van der Waals surface area (Å²) < 4.78 is 11.1. The number of amides is 1. The van der Waals surface area contributed by atoms with Crippen molar-refractivity contribution in [2.45, 2.75) is 26.8 Å². The van der Waals surface area contributed by atoms with Gasteiger partial charge < -0.3 is 19.0 Å². The molecule has 1 aliphatic heterocycles. The highest BCUT2D eigenvalue weighted by Gasteiger charge is 2.24. The molecule has 4 aromatic rings. The minimum absolute atomic E-state index is 0.0573. The van der Waals surface area contributed by atoms with Crippen LogP contribution in [0.15, 0.2) is 51.7 Å². The molecule has 30 heavy (non-hydrogen) atoms. The number of para-hydroxylation sites is 1. The summed E-state index contributed by atoms with van der Waals surface area (Å²) in [6.07, 6.45) is 0.801. The molecule has 0 saturated heterocycles. The number of nitrogens with one attached hydrogen (secondary N) is 1. The van der Waals surface area contributed by atoms with Gasteiger partial charge in [0.05, 0.1) is 0 Å². The number of carbonyl (C=O) groups excluding carboxylic acids is 1. The molecular formula is C24H22N2O4. The van der Waals surface area contributed by atoms with Gasteiger partial charge in [-0.05, 0) is 37.6 Å². The monoisotopic (exact) mass is 402 g/mol. The summed E-state index contributed by atoms with van der Waals surface area (Å²) in [5, 5.41) is 2.04. The summed E-state index contributed by atoms with van der Waals surface area (Å²) in [6, 6.07) is 13.5. The largest absolute Gasteiger partial charge is 0.484 e. The number of carbonyl (C=O) groups is 1. The van der Waals surface area contributed by atoms with Gasteiger partial charge in [-0.1, -0.05) is 18.2 Å². The second kappa shape index (κ2) is 7.06. The zero-order valence-electron chi connectivity index (χ0n) is 17.0. The van der Waals surface area contributed by atoms with Gasteiger partial charge in [-0.2, -0.15) is 0 Å². The first-order valence-electron chi connectivity index (χ1n) is 10.0. The number of hydrogen-bond acceptors (Lipinski definition) is 4. The number of ether oxygens (including phenoxy) is 1. The average molecular weight is 402 g/mol. The Kier molecular flexibility index (Phi) is 4.35. The van der Waals surface area contributed by atoms with Crippen molar-refractivity contribution < 1.29 is 13.9 Å². The molecule has 1 amide bonds. The molecule has 2 aromatic heterocycles. The van der Waals surface area contributed by atoms with Gasteiger partial charge in [0.2, 0.25) is 0 Å². The van der Waals surface area contributed by atoms with Gasteiger partial charge >= 0.3 is 5.63 Å². The fraction of sp³-hybridized carbons (Fsp3) is 0.250. The number of rotatable bonds is 3. The molecule has 0 radical (unpaired) electrons. The number of aryl methyl sites for hydroxylation is 1. The quantitative estimate of drug-likeness (QED) is 0.528. The summed E-state index contributed by atoms with van der Waals surface area (Å²) in [7, 11) is 0. The number of H-pyrrole nitrogens is 1. The van der Waals surface area contributed by atoms with E-state index in [4.69, 9.17) is 9.15 Å². The predicted octanol–water partition coefficient (Wildman–Crippen LogP) is 3.85. The van der Waals surface area contributed by atoms with Crippen LogP contribution in [0, 0.1) is 13.8 Å². The maximum Gasteiger partial charge on any atom is 0.339 e. The maximum atomic E-state index is 12.8. The van der Waals surface area contributed by atoms with Crippen molar-refractivity contribution in [1.29, 1.82) is 0 Å². The highest BCUT2D eigenvalue weighted by molar-refractivity contribution is 5.86. The fourth-order valence-electron chi connectivity index (χ4n) is 4.13. The van der Waals surface area contributed by atoms with E-state index in [1.807, 2.05) is 30.0 Å². The van der Waals surface area contributed by atoms with E-state index in [9.17, 15) is 9.59 Å². The smallest absolute Gasteiger partial charge is 0.339 e. The highest BCUT2D eigenvalue weighted by Crippen LogP contribution is 2.28. The van der Waals surface area contributed by atoms with Crippen molar-refractivity contribution >= 4 is 27.8 Å². The molecule has 0 spiro atoms. The molecule has 5 rings (SSSR count). The second-order valence-electron chi connectivity index (χ2n) is 7.78. The van der Waals surface area contributed by atoms with Crippen LogP contribution in [0.25, 0.3) is 21.9 Å². The van der Waals surface area contributed by atoms with E-state index in [2.05, 4.69) is 17.1 Å². The van der Waals surface area contributed by atoms with Gasteiger partial charge in [-0.3, -0.25) is 4.79 Å². The van der Waals surface area contributed by atoms with Crippen LogP contribution in [-0.4, -0.2) is 28.9 Å². The third kappa shape index (κ3) is 3.05. The molecule has 152 valence electrons. The molecule has 6 nitrogen and oxygen atoms in total. The molecule has 0 atom stereocenters. The molecule has 0 fully saturated rings. The minimum Gasteiger partial charge on any atom is -0.484 e. The van der Waals surface area contributed by atoms with Crippen LogP contribution in [0.2, 0.25) is 0 Å². The lowest BCUT2D eigenvalue weighted by Gasteiger charge is -2.27. The summed E-state index contributed by atoms with van der Waals surface area (Å²) in [4.78, 5) is 30.0. The van der Waals surface area contributed by atoms with E-state index in [0.717, 1.165) is 22.9 Å². The normalized spacial score (nSPS) is 13.6. The number of benzene rings is 2. The van der Waals surface area contributed by atoms with Crippen molar-refractivity contribution in [2.75, 3.05) is 13.2 Å². The first-order chi connectivity index (χ1) is 14.5. The topological polar surface area (TPSA) is 75.5 Å². The van der Waals surface area contributed by atoms with Crippen LogP contribution in [0.5, 0.6) is 5.75 Å². The Hall–Kier alpha value is -3.54. The van der Waals surface area contributed by atoms with Gasteiger partial charge in [0.1, 0.15) is 11.3 Å². The summed E-state index contributed by atoms with van der Waals surface area (Å²) in [6.45, 7) is 4.83. The Morgan fingerprint density at radius 1 is 1.13 bits per heavy atom. The Balaban J connectivity index is 1.32. The lowest BCUT2D eigenvalue weighted by molar-refractivity contribution is -0.134. The first-order valence-corrected chi connectivity index (χ1v) is 10.0. The standard InChI is InChI=1S/C24H22N2O4/c1-14-15(2)24(28)30-22-11-16(7-8-17(14)22)29-13-23(27)26-10-9-21-19(12-26)18-5-3-4-6-20(18)25-21/h3-8,11,25H,9-10,12-13H2,1-2H3. The number of aromatic amines is 1. The summed E-state index contributed by atoms with van der Waals surface area (Å²) >= 11 is 0. The van der Waals surface area contributed by atoms with E-state index < -0.39 is 0 Å². The molecule has 6 heteroatoms. The molecule has 3 heterocycles. The molecule has 1 N–H and O–H groups in total. The fourth-order valence-corrected chi connectivity index (χ4v) is 4.13. The Morgan fingerprint density at radius 2 is 1.97 bits per heavy atom. The SMILES string of the molecule is Cc1c(C)c2ccc(OCC(=O)N3CCc4[nH]c5ccccc5c4C3)cc2oc1=O. The van der Waals surface area contributed by atoms with E-state index in [1.54, 1.807) is 19.1 Å². The van der Waals surface area contributed by atoms with E-state index >= 15 is 0 Å². The molecule has 0 unspecified atom stereocenters. The van der Waals surface area contributed by atoms with Gasteiger partial charge in [0, 0.05) is 58.7 Å². The lowest BCUT2D eigenvalue weighted by atomic mass is 10.0. The van der Waals surface area contributed by atoms with Crippen LogP contribution >= 0.6 is 0 Å². The van der Waals surface area contributed by atoms with Gasteiger partial charge in [-0.25, -0.2) is 4.79 Å². The van der Waals surface area contributed by atoms with Crippen LogP contribution in [0.4, 0.5) is 0 Å². The van der Waals surface area contributed by atoms with E-state index in [-0.39, 0.29) is 18.1 Å². The van der Waals surface area contributed by atoms with Crippen LogP contribution in [-0.2, 0) is 17.8 Å². The molecule has 2 aromatic carbocycles. The lowest BCUT2D eigenvalue weighted by Crippen LogP contribution is -2.38. The molecule has 0 bridgehead atoms. The van der Waals surface area contributed by atoms with E-state index in [0.29, 0.717) is 30.0 Å². The van der Waals surface area contributed by atoms with Crippen LogP contribution < -0.4 is 10.4 Å². The summed E-state index contributed by atoms with van der Waals surface area (Å²) in [5.74, 6) is 0.444. The van der Waals surface area contributed by atoms with Crippen molar-refractivity contribution in [3.63, 3.8) is 0 Å². The van der Waals surface area contributed by atoms with Gasteiger partial charge in [0.15, 0.2) is 6.61 Å². The maximum absolute atomic E-state index is 12.8. The van der Waals surface area contributed by atoms with Crippen molar-refractivity contribution in [1.82, 2.24) is 9.88 Å². The third-order valence-electron chi connectivity index (χ3n) is 6.03. The first kappa shape index (κ1) is 18.5. The van der Waals surface area contributed by atoms with Crippen LogP contribution in [0.3, 0.4) is 0 Å². The number of nitrogens with zero attached hydrogens (tertiary/aromatic N) is 1. The Labute approximate surface area is 173 Å². The van der Waals surface area contributed by atoms with Crippen molar-refractivity contribution in [3.05, 3.63) is 75.3 Å². The van der Waals surface area contributed by atoms with Gasteiger partial charge in [0.25, 0.3) is 5.91 Å². The average Bonchev–Trinajstić information content (AvgIpc) is 3.13. The molecule has 0 aliphatic carbocycles.